The van der Waals surface area contributed by atoms with E-state index in [0.29, 0.717) is 18.0 Å². The lowest BCUT2D eigenvalue weighted by atomic mass is 10.0. The van der Waals surface area contributed by atoms with Crippen LogP contribution in [0.25, 0.3) is 33.2 Å². The summed E-state index contributed by atoms with van der Waals surface area (Å²) in [5.41, 5.74) is 7.36. The number of aromatic nitrogens is 2. The van der Waals surface area contributed by atoms with Gasteiger partial charge in [-0.05, 0) is 61.2 Å². The number of rotatable bonds is 7. The zero-order chi connectivity index (χ0) is 23.5. The summed E-state index contributed by atoms with van der Waals surface area (Å²) in [6.45, 7) is 2.55. The van der Waals surface area contributed by atoms with Crippen LogP contribution in [0.3, 0.4) is 0 Å². The quantitative estimate of drug-likeness (QED) is 0.271. The molecule has 0 aliphatic heterocycles. The molecule has 170 valence electrons. The van der Waals surface area contributed by atoms with Crippen molar-refractivity contribution < 1.29 is 4.79 Å². The maximum atomic E-state index is 12.5. The third-order valence-corrected chi connectivity index (χ3v) is 6.55. The molecule has 3 aromatic carbocycles. The molecule has 0 atom stereocenters. The monoisotopic (exact) mass is 467 g/mol. The summed E-state index contributed by atoms with van der Waals surface area (Å²) in [6.07, 6.45) is 1.98. The molecule has 0 bridgehead atoms. The summed E-state index contributed by atoms with van der Waals surface area (Å²) in [4.78, 5) is 21.0. The minimum atomic E-state index is 0.0290. The Labute approximate surface area is 204 Å². The van der Waals surface area contributed by atoms with Crippen molar-refractivity contribution in [3.63, 3.8) is 0 Å². The van der Waals surface area contributed by atoms with Crippen LogP contribution in [0.2, 0.25) is 5.02 Å². The van der Waals surface area contributed by atoms with Crippen LogP contribution >= 0.6 is 11.6 Å². The fraction of sp³-hybridized carbons (Fsp3) is 0.172. The average Bonchev–Trinajstić information content (AvgIpc) is 3.21. The first-order chi connectivity index (χ1) is 16.6. The van der Waals surface area contributed by atoms with Crippen LogP contribution in [0, 0.1) is 6.92 Å². The molecule has 0 aliphatic carbocycles. The first kappa shape index (κ1) is 22.2. The molecule has 0 fully saturated rings. The highest BCUT2D eigenvalue weighted by atomic mass is 35.5. The Hall–Kier alpha value is -3.63. The number of nitrogens with one attached hydrogen (secondary N) is 2. The number of para-hydroxylation sites is 1. The van der Waals surface area contributed by atoms with Crippen molar-refractivity contribution >= 4 is 39.3 Å². The SMILES string of the molecule is Cc1ccc2[nH]c(-c3ccc4ccccc4n3)c(CCCC(=O)NCc3ccccc3Cl)c2c1. The van der Waals surface area contributed by atoms with Crippen LogP contribution in [0.15, 0.2) is 78.9 Å². The molecule has 2 N–H and O–H groups in total. The molecule has 2 heterocycles. The van der Waals surface area contributed by atoms with Crippen LogP contribution in [-0.2, 0) is 17.8 Å². The van der Waals surface area contributed by atoms with Gasteiger partial charge in [-0.2, -0.15) is 0 Å². The highest BCUT2D eigenvalue weighted by Crippen LogP contribution is 2.32. The Morgan fingerprint density at radius 2 is 1.82 bits per heavy atom. The Morgan fingerprint density at radius 3 is 2.71 bits per heavy atom. The van der Waals surface area contributed by atoms with Gasteiger partial charge in [0, 0.05) is 34.3 Å². The molecular formula is C29H26ClN3O. The van der Waals surface area contributed by atoms with E-state index in [1.165, 1.54) is 16.5 Å². The van der Waals surface area contributed by atoms with Gasteiger partial charge in [0.15, 0.2) is 0 Å². The largest absolute Gasteiger partial charge is 0.353 e. The predicted molar refractivity (Wildman–Crippen MR) is 140 cm³/mol. The van der Waals surface area contributed by atoms with Crippen LogP contribution < -0.4 is 5.32 Å². The summed E-state index contributed by atoms with van der Waals surface area (Å²) in [5, 5.41) is 5.98. The number of hydrogen-bond acceptors (Lipinski definition) is 2. The van der Waals surface area contributed by atoms with Crippen molar-refractivity contribution in [2.24, 2.45) is 0 Å². The molecule has 0 saturated heterocycles. The molecule has 1 amide bonds. The Balaban J connectivity index is 1.36. The van der Waals surface area contributed by atoms with Gasteiger partial charge in [0.1, 0.15) is 0 Å². The summed E-state index contributed by atoms with van der Waals surface area (Å²) in [6, 6.07) is 26.4. The molecule has 0 unspecified atom stereocenters. The van der Waals surface area contributed by atoms with Gasteiger partial charge in [-0.3, -0.25) is 4.79 Å². The predicted octanol–water partition coefficient (Wildman–Crippen LogP) is 6.98. The molecule has 0 saturated carbocycles. The Morgan fingerprint density at radius 1 is 1.00 bits per heavy atom. The summed E-state index contributed by atoms with van der Waals surface area (Å²) in [7, 11) is 0. The summed E-state index contributed by atoms with van der Waals surface area (Å²) >= 11 is 6.20. The van der Waals surface area contributed by atoms with E-state index in [1.54, 1.807) is 0 Å². The van der Waals surface area contributed by atoms with E-state index in [1.807, 2.05) is 42.5 Å². The minimum Gasteiger partial charge on any atom is -0.353 e. The number of benzene rings is 3. The molecule has 0 aliphatic rings. The Bertz CT molecular complexity index is 1490. The third-order valence-electron chi connectivity index (χ3n) is 6.18. The van der Waals surface area contributed by atoms with Crippen LogP contribution in [0.4, 0.5) is 0 Å². The fourth-order valence-electron chi connectivity index (χ4n) is 4.39. The number of halogens is 1. The zero-order valence-electron chi connectivity index (χ0n) is 19.1. The second kappa shape index (κ2) is 9.70. The normalized spacial score (nSPS) is 11.2. The lowest BCUT2D eigenvalue weighted by Gasteiger charge is -2.08. The van der Waals surface area contributed by atoms with Gasteiger partial charge in [-0.25, -0.2) is 4.98 Å². The van der Waals surface area contributed by atoms with E-state index in [9.17, 15) is 4.79 Å². The fourth-order valence-corrected chi connectivity index (χ4v) is 4.60. The maximum absolute atomic E-state index is 12.5. The lowest BCUT2D eigenvalue weighted by Crippen LogP contribution is -2.22. The second-order valence-electron chi connectivity index (χ2n) is 8.64. The van der Waals surface area contributed by atoms with E-state index < -0.39 is 0 Å². The number of aryl methyl sites for hydroxylation is 2. The standard InChI is InChI=1S/C29H26ClN3O/c1-19-13-15-26-23(17-19)22(9-6-12-28(34)31-18-21-8-2-4-10-24(21)30)29(33-26)27-16-14-20-7-3-5-11-25(20)32-27/h2-5,7-8,10-11,13-17,33H,6,9,12,18H2,1H3,(H,31,34). The van der Waals surface area contributed by atoms with E-state index in [0.717, 1.165) is 46.2 Å². The number of nitrogens with zero attached hydrogens (tertiary/aromatic N) is 1. The van der Waals surface area contributed by atoms with Gasteiger partial charge in [0.2, 0.25) is 5.91 Å². The maximum Gasteiger partial charge on any atom is 0.220 e. The third kappa shape index (κ3) is 4.68. The van der Waals surface area contributed by atoms with Crippen molar-refractivity contribution in [3.8, 4) is 11.4 Å². The Kier molecular flexibility index (Phi) is 6.33. The first-order valence-electron chi connectivity index (χ1n) is 11.6. The minimum absolute atomic E-state index is 0.0290. The topological polar surface area (TPSA) is 57.8 Å². The number of hydrogen-bond donors (Lipinski definition) is 2. The first-order valence-corrected chi connectivity index (χ1v) is 11.9. The molecule has 0 spiro atoms. The molecule has 34 heavy (non-hydrogen) atoms. The molecule has 2 aromatic heterocycles. The number of H-pyrrole nitrogens is 1. The molecular weight excluding hydrogens is 442 g/mol. The van der Waals surface area contributed by atoms with Gasteiger partial charge < -0.3 is 10.3 Å². The van der Waals surface area contributed by atoms with E-state index in [2.05, 4.69) is 53.6 Å². The van der Waals surface area contributed by atoms with Crippen LogP contribution in [0.1, 0.15) is 29.5 Å². The highest BCUT2D eigenvalue weighted by Gasteiger charge is 2.15. The van der Waals surface area contributed by atoms with Crippen molar-refractivity contribution in [1.29, 1.82) is 0 Å². The molecule has 0 radical (unpaired) electrons. The van der Waals surface area contributed by atoms with Gasteiger partial charge >= 0.3 is 0 Å². The van der Waals surface area contributed by atoms with Crippen molar-refractivity contribution in [2.45, 2.75) is 32.7 Å². The van der Waals surface area contributed by atoms with Crippen molar-refractivity contribution in [3.05, 3.63) is 101 Å². The highest BCUT2D eigenvalue weighted by molar-refractivity contribution is 6.31. The second-order valence-corrected chi connectivity index (χ2v) is 9.05. The van der Waals surface area contributed by atoms with Gasteiger partial charge in [0.05, 0.1) is 16.9 Å². The average molecular weight is 468 g/mol. The number of amides is 1. The smallest absolute Gasteiger partial charge is 0.220 e. The summed E-state index contributed by atoms with van der Waals surface area (Å²) < 4.78 is 0. The number of carbonyl (C=O) groups excluding carboxylic acids is 1. The van der Waals surface area contributed by atoms with Crippen molar-refractivity contribution in [2.75, 3.05) is 0 Å². The zero-order valence-corrected chi connectivity index (χ0v) is 19.8. The molecule has 4 nitrogen and oxygen atoms in total. The van der Waals surface area contributed by atoms with Gasteiger partial charge in [-0.15, -0.1) is 0 Å². The number of aromatic amines is 1. The van der Waals surface area contributed by atoms with Crippen LogP contribution in [0.5, 0.6) is 0 Å². The van der Waals surface area contributed by atoms with E-state index >= 15 is 0 Å². The van der Waals surface area contributed by atoms with Gasteiger partial charge in [-0.1, -0.05) is 65.7 Å². The number of pyridine rings is 1. The lowest BCUT2D eigenvalue weighted by molar-refractivity contribution is -0.121. The van der Waals surface area contributed by atoms with Crippen molar-refractivity contribution in [1.82, 2.24) is 15.3 Å². The molecule has 5 heteroatoms. The number of fused-ring (bicyclic) bond motifs is 2. The van der Waals surface area contributed by atoms with E-state index in [-0.39, 0.29) is 5.91 Å². The van der Waals surface area contributed by atoms with E-state index in [4.69, 9.17) is 16.6 Å². The van der Waals surface area contributed by atoms with Crippen LogP contribution in [-0.4, -0.2) is 15.9 Å². The molecule has 5 rings (SSSR count). The number of carbonyl (C=O) groups is 1. The summed E-state index contributed by atoms with van der Waals surface area (Å²) in [5.74, 6) is 0.0290. The molecule has 5 aromatic rings. The van der Waals surface area contributed by atoms with Gasteiger partial charge in [0.25, 0.3) is 0 Å².